The smallest absolute Gasteiger partial charge is 0.246 e. The van der Waals surface area contributed by atoms with Crippen molar-refractivity contribution in [3.63, 3.8) is 0 Å². The van der Waals surface area contributed by atoms with Crippen LogP contribution in [0.2, 0.25) is 0 Å². The fourth-order valence-electron chi connectivity index (χ4n) is 2.18. The lowest BCUT2D eigenvalue weighted by atomic mass is 10.2. The lowest BCUT2D eigenvalue weighted by molar-refractivity contribution is 0.254. The van der Waals surface area contributed by atoms with E-state index in [0.29, 0.717) is 29.9 Å². The Kier molecular flexibility index (Phi) is 3.62. The normalized spacial score (nSPS) is 16.0. The van der Waals surface area contributed by atoms with Gasteiger partial charge in [0.2, 0.25) is 5.76 Å². The molecule has 0 saturated heterocycles. The Morgan fingerprint density at radius 2 is 2.25 bits per heavy atom. The van der Waals surface area contributed by atoms with Gasteiger partial charge in [-0.1, -0.05) is 19.1 Å². The van der Waals surface area contributed by atoms with Gasteiger partial charge in [-0.25, -0.2) is 0 Å². The molecule has 1 aromatic heterocycles. The predicted molar refractivity (Wildman–Crippen MR) is 76.6 cm³/mol. The molecule has 1 N–H and O–H groups in total. The monoisotopic (exact) mass is 270 g/mol. The fourth-order valence-corrected chi connectivity index (χ4v) is 2.18. The average Bonchev–Trinajstić information content (AvgIpc) is 3.23. The third kappa shape index (κ3) is 2.78. The molecular weight excluding hydrogens is 252 g/mol. The number of fused-ring (bicyclic) bond motifs is 1. The molecule has 104 valence electrons. The molecule has 1 saturated carbocycles. The summed E-state index contributed by atoms with van der Waals surface area (Å²) in [5.41, 5.74) is 0.697. The van der Waals surface area contributed by atoms with Crippen LogP contribution in [0.4, 0.5) is 0 Å². The van der Waals surface area contributed by atoms with E-state index in [0.717, 1.165) is 11.9 Å². The van der Waals surface area contributed by atoms with Gasteiger partial charge in [-0.15, -0.1) is 0 Å². The van der Waals surface area contributed by atoms with E-state index in [1.165, 1.54) is 12.8 Å². The summed E-state index contributed by atoms with van der Waals surface area (Å²) in [6.07, 6.45) is 2.58. The topological polar surface area (TPSA) is 58.2 Å². The molecule has 3 rings (SSSR count). The first-order valence-corrected chi connectivity index (χ1v) is 7.05. The number of hydrogen-bond donors (Lipinski definition) is 1. The standard InChI is InChI=1S/C16H18N2O2/c1-11(9-18-12-6-7-12)10-19-16-13-4-2-3-5-14(13)20-15(16)8-17/h2-5,11-12,18H,6-7,9-10H2,1H3. The number of rotatable bonds is 6. The summed E-state index contributed by atoms with van der Waals surface area (Å²) in [5, 5.41) is 13.5. The van der Waals surface area contributed by atoms with Gasteiger partial charge in [0.1, 0.15) is 11.7 Å². The molecule has 4 heteroatoms. The van der Waals surface area contributed by atoms with E-state index < -0.39 is 0 Å². The largest absolute Gasteiger partial charge is 0.488 e. The van der Waals surface area contributed by atoms with Crippen LogP contribution in [0.15, 0.2) is 28.7 Å². The van der Waals surface area contributed by atoms with E-state index in [9.17, 15) is 0 Å². The summed E-state index contributed by atoms with van der Waals surface area (Å²) < 4.78 is 11.3. The Balaban J connectivity index is 1.68. The SMILES string of the molecule is CC(CNC1CC1)COc1c(C#N)oc2ccccc12. The van der Waals surface area contributed by atoms with Crippen LogP contribution in [0.1, 0.15) is 25.5 Å². The molecule has 0 amide bonds. The van der Waals surface area contributed by atoms with E-state index in [-0.39, 0.29) is 5.76 Å². The van der Waals surface area contributed by atoms with Gasteiger partial charge in [0.15, 0.2) is 5.75 Å². The zero-order chi connectivity index (χ0) is 13.9. The summed E-state index contributed by atoms with van der Waals surface area (Å²) in [6.45, 7) is 3.67. The maximum absolute atomic E-state index is 9.13. The molecular formula is C16H18N2O2. The number of para-hydroxylation sites is 1. The molecule has 0 radical (unpaired) electrons. The summed E-state index contributed by atoms with van der Waals surface area (Å²) in [7, 11) is 0. The summed E-state index contributed by atoms with van der Waals surface area (Å²) in [6, 6.07) is 10.3. The molecule has 1 unspecified atom stereocenters. The molecule has 0 spiro atoms. The van der Waals surface area contributed by atoms with Crippen molar-refractivity contribution in [2.45, 2.75) is 25.8 Å². The van der Waals surface area contributed by atoms with Gasteiger partial charge in [-0.2, -0.15) is 5.26 Å². The van der Waals surface area contributed by atoms with E-state index in [1.807, 2.05) is 24.3 Å². The molecule has 1 atom stereocenters. The molecule has 1 aromatic carbocycles. The van der Waals surface area contributed by atoms with Crippen LogP contribution in [0.3, 0.4) is 0 Å². The number of ether oxygens (including phenoxy) is 1. The Morgan fingerprint density at radius 1 is 1.45 bits per heavy atom. The summed E-state index contributed by atoms with van der Waals surface area (Å²) in [4.78, 5) is 0. The van der Waals surface area contributed by atoms with Crippen molar-refractivity contribution >= 4 is 11.0 Å². The Bertz CT molecular complexity index is 637. The summed E-state index contributed by atoms with van der Waals surface area (Å²) in [5.74, 6) is 1.23. The molecule has 4 nitrogen and oxygen atoms in total. The van der Waals surface area contributed by atoms with Crippen LogP contribution in [0.5, 0.6) is 5.75 Å². The molecule has 1 fully saturated rings. The highest BCUT2D eigenvalue weighted by molar-refractivity contribution is 5.86. The number of nitriles is 1. The van der Waals surface area contributed by atoms with Crippen molar-refractivity contribution in [1.29, 1.82) is 5.26 Å². The van der Waals surface area contributed by atoms with Crippen LogP contribution in [-0.4, -0.2) is 19.2 Å². The lowest BCUT2D eigenvalue weighted by Gasteiger charge is -2.13. The molecule has 1 heterocycles. The van der Waals surface area contributed by atoms with Crippen molar-refractivity contribution in [1.82, 2.24) is 5.32 Å². The highest BCUT2D eigenvalue weighted by atomic mass is 16.5. The van der Waals surface area contributed by atoms with Gasteiger partial charge in [-0.3, -0.25) is 0 Å². The van der Waals surface area contributed by atoms with Crippen molar-refractivity contribution in [2.75, 3.05) is 13.2 Å². The number of hydrogen-bond acceptors (Lipinski definition) is 4. The molecule has 1 aliphatic carbocycles. The van der Waals surface area contributed by atoms with Crippen molar-refractivity contribution in [3.8, 4) is 11.8 Å². The first kappa shape index (κ1) is 13.0. The minimum absolute atomic E-state index is 0.258. The van der Waals surface area contributed by atoms with Gasteiger partial charge in [0, 0.05) is 18.5 Å². The zero-order valence-electron chi connectivity index (χ0n) is 11.6. The van der Waals surface area contributed by atoms with Crippen molar-refractivity contribution in [3.05, 3.63) is 30.0 Å². The summed E-state index contributed by atoms with van der Waals surface area (Å²) >= 11 is 0. The first-order chi connectivity index (χ1) is 9.78. The quantitative estimate of drug-likeness (QED) is 0.876. The van der Waals surface area contributed by atoms with E-state index in [4.69, 9.17) is 14.4 Å². The second-order valence-electron chi connectivity index (χ2n) is 5.47. The Morgan fingerprint density at radius 3 is 3.00 bits per heavy atom. The Labute approximate surface area is 118 Å². The average molecular weight is 270 g/mol. The molecule has 0 bridgehead atoms. The third-order valence-corrected chi connectivity index (χ3v) is 3.50. The Hall–Kier alpha value is -1.99. The number of nitrogens with one attached hydrogen (secondary N) is 1. The fraction of sp³-hybridized carbons (Fsp3) is 0.438. The highest BCUT2D eigenvalue weighted by Crippen LogP contribution is 2.32. The maximum atomic E-state index is 9.13. The van der Waals surface area contributed by atoms with E-state index in [2.05, 4.69) is 18.3 Å². The van der Waals surface area contributed by atoms with Crippen molar-refractivity contribution in [2.24, 2.45) is 5.92 Å². The van der Waals surface area contributed by atoms with Crippen LogP contribution in [0, 0.1) is 17.2 Å². The van der Waals surface area contributed by atoms with Gasteiger partial charge in [-0.05, 0) is 25.0 Å². The van der Waals surface area contributed by atoms with Crippen LogP contribution >= 0.6 is 0 Å². The zero-order valence-corrected chi connectivity index (χ0v) is 11.6. The van der Waals surface area contributed by atoms with Crippen LogP contribution in [0.25, 0.3) is 11.0 Å². The highest BCUT2D eigenvalue weighted by Gasteiger charge is 2.21. The molecule has 0 aliphatic heterocycles. The van der Waals surface area contributed by atoms with E-state index in [1.54, 1.807) is 0 Å². The third-order valence-electron chi connectivity index (χ3n) is 3.50. The second kappa shape index (κ2) is 5.56. The minimum Gasteiger partial charge on any atom is -0.488 e. The minimum atomic E-state index is 0.258. The van der Waals surface area contributed by atoms with Gasteiger partial charge >= 0.3 is 0 Å². The maximum Gasteiger partial charge on any atom is 0.246 e. The van der Waals surface area contributed by atoms with E-state index >= 15 is 0 Å². The first-order valence-electron chi connectivity index (χ1n) is 7.05. The van der Waals surface area contributed by atoms with Crippen LogP contribution in [-0.2, 0) is 0 Å². The number of benzene rings is 1. The number of nitrogens with zero attached hydrogens (tertiary/aromatic N) is 1. The van der Waals surface area contributed by atoms with Gasteiger partial charge < -0.3 is 14.5 Å². The molecule has 20 heavy (non-hydrogen) atoms. The van der Waals surface area contributed by atoms with Gasteiger partial charge in [0.05, 0.1) is 12.0 Å². The predicted octanol–water partition coefficient (Wildman–Crippen LogP) is 3.07. The second-order valence-corrected chi connectivity index (χ2v) is 5.47. The molecule has 1 aliphatic rings. The molecule has 2 aromatic rings. The lowest BCUT2D eigenvalue weighted by Crippen LogP contribution is -2.26. The van der Waals surface area contributed by atoms with Crippen molar-refractivity contribution < 1.29 is 9.15 Å². The van der Waals surface area contributed by atoms with Crippen LogP contribution < -0.4 is 10.1 Å². The number of furan rings is 1. The van der Waals surface area contributed by atoms with Gasteiger partial charge in [0.25, 0.3) is 0 Å².